The zero-order valence-electron chi connectivity index (χ0n) is 20.2. The van der Waals surface area contributed by atoms with Crippen molar-refractivity contribution in [3.63, 3.8) is 0 Å². The molecule has 186 valence electrons. The van der Waals surface area contributed by atoms with Crippen LogP contribution in [-0.4, -0.2) is 81.0 Å². The standard InChI is InChI=1S/C25H31N5O4S/c1-32-16-17-6-8-29(14-17)15-19-13-18(5-7-26-19)24(31)28-25-27-22-21(33-2)4-3-20(23(22)35-25)30-9-11-34-12-10-30/h3-5,7,13,17H,6,8-12,14-16H2,1-2H3,(H,27,28,31). The highest BCUT2D eigenvalue weighted by atomic mass is 32.1. The van der Waals surface area contributed by atoms with E-state index in [1.165, 1.54) is 11.3 Å². The number of pyridine rings is 1. The first-order chi connectivity index (χ1) is 17.1. The summed E-state index contributed by atoms with van der Waals surface area (Å²) in [5.74, 6) is 1.06. The highest BCUT2D eigenvalue weighted by Gasteiger charge is 2.23. The molecular weight excluding hydrogens is 466 g/mol. The molecular formula is C25H31N5O4S. The lowest BCUT2D eigenvalue weighted by Crippen LogP contribution is -2.36. The fourth-order valence-corrected chi connectivity index (χ4v) is 5.79. The van der Waals surface area contributed by atoms with Gasteiger partial charge in [-0.25, -0.2) is 4.98 Å². The Morgan fingerprint density at radius 3 is 2.89 bits per heavy atom. The van der Waals surface area contributed by atoms with Crippen LogP contribution in [0.1, 0.15) is 22.5 Å². The third-order valence-electron chi connectivity index (χ3n) is 6.51. The lowest BCUT2D eigenvalue weighted by molar-refractivity contribution is 0.102. The molecule has 35 heavy (non-hydrogen) atoms. The van der Waals surface area contributed by atoms with Crippen LogP contribution in [0, 0.1) is 5.92 Å². The van der Waals surface area contributed by atoms with E-state index in [4.69, 9.17) is 19.2 Å². The van der Waals surface area contributed by atoms with Crippen LogP contribution in [0.3, 0.4) is 0 Å². The van der Waals surface area contributed by atoms with Crippen LogP contribution in [0.5, 0.6) is 5.75 Å². The van der Waals surface area contributed by atoms with Crippen molar-refractivity contribution in [3.8, 4) is 5.75 Å². The molecule has 1 unspecified atom stereocenters. The van der Waals surface area contributed by atoms with Gasteiger partial charge in [0, 0.05) is 45.0 Å². The zero-order valence-corrected chi connectivity index (χ0v) is 21.0. The second-order valence-corrected chi connectivity index (χ2v) is 9.92. The predicted octanol–water partition coefficient (Wildman–Crippen LogP) is 3.26. The highest BCUT2D eigenvalue weighted by molar-refractivity contribution is 7.23. The molecule has 9 nitrogen and oxygen atoms in total. The van der Waals surface area contributed by atoms with E-state index in [1.807, 2.05) is 12.1 Å². The minimum Gasteiger partial charge on any atom is -0.494 e. The van der Waals surface area contributed by atoms with Gasteiger partial charge in [0.15, 0.2) is 5.13 Å². The van der Waals surface area contributed by atoms with E-state index in [0.29, 0.717) is 35.6 Å². The third kappa shape index (κ3) is 5.40. The van der Waals surface area contributed by atoms with Gasteiger partial charge in [0.05, 0.1) is 43.0 Å². The van der Waals surface area contributed by atoms with Gasteiger partial charge in [-0.15, -0.1) is 0 Å². The van der Waals surface area contributed by atoms with E-state index in [0.717, 1.165) is 67.3 Å². The summed E-state index contributed by atoms with van der Waals surface area (Å²) >= 11 is 1.46. The number of amides is 1. The average molecular weight is 498 g/mol. The molecule has 5 rings (SSSR count). The molecule has 1 N–H and O–H groups in total. The van der Waals surface area contributed by atoms with E-state index >= 15 is 0 Å². The van der Waals surface area contributed by atoms with E-state index < -0.39 is 0 Å². The number of anilines is 2. The minimum absolute atomic E-state index is 0.196. The molecule has 0 saturated carbocycles. The zero-order chi connectivity index (χ0) is 24.2. The lowest BCUT2D eigenvalue weighted by atomic mass is 10.1. The number of morpholine rings is 1. The molecule has 2 saturated heterocycles. The molecule has 2 aliphatic rings. The van der Waals surface area contributed by atoms with Crippen molar-refractivity contribution in [2.45, 2.75) is 13.0 Å². The van der Waals surface area contributed by atoms with Gasteiger partial charge >= 0.3 is 0 Å². The second kappa shape index (κ2) is 10.9. The Morgan fingerprint density at radius 1 is 1.23 bits per heavy atom. The molecule has 0 radical (unpaired) electrons. The monoisotopic (exact) mass is 497 g/mol. The van der Waals surface area contributed by atoms with E-state index in [1.54, 1.807) is 26.5 Å². The van der Waals surface area contributed by atoms with Gasteiger partial charge in [0.25, 0.3) is 5.91 Å². The molecule has 0 aliphatic carbocycles. The fraction of sp³-hybridized carbons (Fsp3) is 0.480. The number of hydrogen-bond donors (Lipinski definition) is 1. The molecule has 1 aromatic carbocycles. The molecule has 3 aromatic rings. The van der Waals surface area contributed by atoms with Crippen LogP contribution >= 0.6 is 11.3 Å². The maximum Gasteiger partial charge on any atom is 0.257 e. The molecule has 4 heterocycles. The number of aromatic nitrogens is 2. The number of hydrogen-bond acceptors (Lipinski definition) is 9. The topological polar surface area (TPSA) is 89.0 Å². The summed E-state index contributed by atoms with van der Waals surface area (Å²) < 4.78 is 17.3. The number of likely N-dealkylation sites (tertiary alicyclic amines) is 1. The minimum atomic E-state index is -0.196. The molecule has 1 amide bonds. The SMILES string of the molecule is COCC1CCN(Cc2cc(C(=O)Nc3nc4c(OC)ccc(N5CCOCC5)c4s3)ccn2)C1. The van der Waals surface area contributed by atoms with Crippen LogP contribution in [-0.2, 0) is 16.0 Å². The first kappa shape index (κ1) is 23.9. The van der Waals surface area contributed by atoms with Crippen molar-refractivity contribution in [1.29, 1.82) is 0 Å². The molecule has 0 spiro atoms. The number of nitrogens with zero attached hydrogens (tertiary/aromatic N) is 4. The quantitative estimate of drug-likeness (QED) is 0.507. The van der Waals surface area contributed by atoms with Crippen molar-refractivity contribution in [2.24, 2.45) is 5.92 Å². The number of fused-ring (bicyclic) bond motifs is 1. The number of rotatable bonds is 8. The lowest BCUT2D eigenvalue weighted by Gasteiger charge is -2.29. The number of carbonyl (C=O) groups excluding carboxylic acids is 1. The summed E-state index contributed by atoms with van der Waals surface area (Å²) in [5.41, 5.74) is 3.30. The van der Waals surface area contributed by atoms with E-state index in [2.05, 4.69) is 26.2 Å². The summed E-state index contributed by atoms with van der Waals surface area (Å²) in [6, 6.07) is 7.60. The summed E-state index contributed by atoms with van der Waals surface area (Å²) in [6.07, 6.45) is 2.83. The van der Waals surface area contributed by atoms with Crippen LogP contribution < -0.4 is 15.0 Å². The number of benzene rings is 1. The van der Waals surface area contributed by atoms with E-state index in [9.17, 15) is 4.79 Å². The first-order valence-electron chi connectivity index (χ1n) is 11.9. The summed E-state index contributed by atoms with van der Waals surface area (Å²) in [5, 5.41) is 3.53. The second-order valence-electron chi connectivity index (χ2n) is 8.92. The highest BCUT2D eigenvalue weighted by Crippen LogP contribution is 2.39. The van der Waals surface area contributed by atoms with Gasteiger partial charge in [-0.1, -0.05) is 11.3 Å². The van der Waals surface area contributed by atoms with Crippen LogP contribution in [0.15, 0.2) is 30.5 Å². The Kier molecular flexibility index (Phi) is 7.43. The smallest absolute Gasteiger partial charge is 0.257 e. The van der Waals surface area contributed by atoms with Gasteiger partial charge in [-0.2, -0.15) is 0 Å². The molecule has 2 aliphatic heterocycles. The summed E-state index contributed by atoms with van der Waals surface area (Å²) in [7, 11) is 3.38. The van der Waals surface area contributed by atoms with Crippen molar-refractivity contribution < 1.29 is 19.0 Å². The molecule has 0 bridgehead atoms. The number of nitrogens with one attached hydrogen (secondary N) is 1. The van der Waals surface area contributed by atoms with Crippen LogP contribution in [0.25, 0.3) is 10.2 Å². The third-order valence-corrected chi connectivity index (χ3v) is 7.51. The number of ether oxygens (including phenoxy) is 3. The summed E-state index contributed by atoms with van der Waals surface area (Å²) in [6.45, 7) is 6.56. The Labute approximate surface area is 209 Å². The molecule has 2 aromatic heterocycles. The maximum absolute atomic E-state index is 13.1. The average Bonchev–Trinajstić information content (AvgIpc) is 3.51. The van der Waals surface area contributed by atoms with Crippen molar-refractivity contribution >= 4 is 38.3 Å². The number of carbonyl (C=O) groups is 1. The Hall–Kier alpha value is -2.79. The van der Waals surface area contributed by atoms with Gasteiger partial charge in [-0.3, -0.25) is 20.0 Å². The Balaban J connectivity index is 1.32. The number of thiazole rings is 1. The van der Waals surface area contributed by atoms with Gasteiger partial charge in [-0.05, 0) is 43.1 Å². The van der Waals surface area contributed by atoms with Crippen molar-refractivity contribution in [2.75, 3.05) is 70.4 Å². The summed E-state index contributed by atoms with van der Waals surface area (Å²) in [4.78, 5) is 26.9. The number of methoxy groups -OCH3 is 2. The molecule has 2 fully saturated rings. The predicted molar refractivity (Wildman–Crippen MR) is 137 cm³/mol. The largest absolute Gasteiger partial charge is 0.494 e. The molecule has 1 atom stereocenters. The van der Waals surface area contributed by atoms with E-state index in [-0.39, 0.29) is 5.91 Å². The van der Waals surface area contributed by atoms with Gasteiger partial charge < -0.3 is 19.1 Å². The van der Waals surface area contributed by atoms with Crippen molar-refractivity contribution in [3.05, 3.63) is 41.7 Å². The fourth-order valence-electron chi connectivity index (χ4n) is 4.77. The van der Waals surface area contributed by atoms with Crippen LogP contribution in [0.4, 0.5) is 10.8 Å². The normalized spacial score (nSPS) is 18.8. The van der Waals surface area contributed by atoms with Crippen molar-refractivity contribution in [1.82, 2.24) is 14.9 Å². The first-order valence-corrected chi connectivity index (χ1v) is 12.7. The molecule has 10 heteroatoms. The van der Waals surface area contributed by atoms with Crippen LogP contribution in [0.2, 0.25) is 0 Å². The maximum atomic E-state index is 13.1. The van der Waals surface area contributed by atoms with Gasteiger partial charge in [0.2, 0.25) is 0 Å². The van der Waals surface area contributed by atoms with Gasteiger partial charge in [0.1, 0.15) is 11.3 Å². The Bertz CT molecular complexity index is 1180. The Morgan fingerprint density at radius 2 is 2.09 bits per heavy atom.